The Hall–Kier alpha value is -1.13. The van der Waals surface area contributed by atoms with Crippen molar-refractivity contribution >= 4 is 32.9 Å². The van der Waals surface area contributed by atoms with Crippen molar-refractivity contribution < 1.29 is 21.6 Å². The SMILES string of the molecule is O=S(=O)(NI)c1ccccc1-c1ccccc1C(F)(F)F. The average Bonchev–Trinajstić information content (AvgIpc) is 2.46. The van der Waals surface area contributed by atoms with Crippen LogP contribution in [0.4, 0.5) is 13.2 Å². The summed E-state index contributed by atoms with van der Waals surface area (Å²) in [6, 6.07) is 10.5. The van der Waals surface area contributed by atoms with Gasteiger partial charge in [-0.15, -0.1) is 0 Å². The zero-order valence-corrected chi connectivity index (χ0v) is 13.3. The molecule has 0 aliphatic carbocycles. The van der Waals surface area contributed by atoms with Gasteiger partial charge in [0.15, 0.2) is 0 Å². The third kappa shape index (κ3) is 3.38. The molecule has 8 heteroatoms. The highest BCUT2D eigenvalue weighted by molar-refractivity contribution is 14.1. The molecule has 0 aromatic heterocycles. The van der Waals surface area contributed by atoms with Crippen LogP contribution in [0, 0.1) is 0 Å². The summed E-state index contributed by atoms with van der Waals surface area (Å²) >= 11 is 1.43. The van der Waals surface area contributed by atoms with E-state index in [1.165, 1.54) is 65.3 Å². The molecule has 0 heterocycles. The van der Waals surface area contributed by atoms with Crippen LogP contribution in [-0.4, -0.2) is 8.42 Å². The second-order valence-corrected chi connectivity index (χ2v) is 7.04. The van der Waals surface area contributed by atoms with Gasteiger partial charge in [-0.25, -0.2) is 8.42 Å². The standard InChI is InChI=1S/C13H9F3INO2S/c14-13(15,16)11-7-3-1-5-9(11)10-6-2-4-8-12(10)21(19,20)18-17/h1-8,18H. The predicted octanol–water partition coefficient (Wildman–Crippen LogP) is 4.00. The van der Waals surface area contributed by atoms with Gasteiger partial charge in [0.25, 0.3) is 0 Å². The maximum Gasteiger partial charge on any atom is 0.417 e. The number of hydrogen-bond acceptors (Lipinski definition) is 2. The van der Waals surface area contributed by atoms with Crippen molar-refractivity contribution in [3.8, 4) is 11.1 Å². The minimum Gasteiger partial charge on any atom is -0.206 e. The third-order valence-electron chi connectivity index (χ3n) is 2.80. The third-order valence-corrected chi connectivity index (χ3v) is 5.68. The Bertz CT molecular complexity index is 760. The fourth-order valence-corrected chi connectivity index (χ4v) is 3.45. The Morgan fingerprint density at radius 1 is 0.905 bits per heavy atom. The van der Waals surface area contributed by atoms with E-state index >= 15 is 0 Å². The summed E-state index contributed by atoms with van der Waals surface area (Å²) in [5, 5.41) is 0. The summed E-state index contributed by atoms with van der Waals surface area (Å²) in [6.45, 7) is 0. The molecule has 0 aliphatic heterocycles. The van der Waals surface area contributed by atoms with Gasteiger partial charge in [-0.2, -0.15) is 16.1 Å². The molecule has 1 N–H and O–H groups in total. The first-order valence-corrected chi connectivity index (χ1v) is 8.21. The highest BCUT2D eigenvalue weighted by Gasteiger charge is 2.34. The van der Waals surface area contributed by atoms with E-state index in [1.807, 2.05) is 0 Å². The van der Waals surface area contributed by atoms with Crippen molar-refractivity contribution in [1.82, 2.24) is 2.94 Å². The molecule has 0 fully saturated rings. The Morgan fingerprint density at radius 3 is 2.00 bits per heavy atom. The van der Waals surface area contributed by atoms with Crippen LogP contribution in [0.2, 0.25) is 0 Å². The molecule has 0 saturated heterocycles. The molecule has 0 aliphatic rings. The molecule has 0 amide bonds. The van der Waals surface area contributed by atoms with E-state index in [1.54, 1.807) is 0 Å². The summed E-state index contributed by atoms with van der Waals surface area (Å²) in [7, 11) is -3.87. The van der Waals surface area contributed by atoms with Crippen LogP contribution < -0.4 is 2.94 Å². The van der Waals surface area contributed by atoms with E-state index in [0.29, 0.717) is 0 Å². The van der Waals surface area contributed by atoms with Crippen molar-refractivity contribution in [3.63, 3.8) is 0 Å². The van der Waals surface area contributed by atoms with Gasteiger partial charge in [-0.3, -0.25) is 0 Å². The molecule has 0 unspecified atom stereocenters. The van der Waals surface area contributed by atoms with E-state index in [-0.39, 0.29) is 16.0 Å². The lowest BCUT2D eigenvalue weighted by atomic mass is 9.99. The highest BCUT2D eigenvalue weighted by atomic mass is 127. The van der Waals surface area contributed by atoms with Crippen molar-refractivity contribution in [3.05, 3.63) is 54.1 Å². The predicted molar refractivity (Wildman–Crippen MR) is 81.2 cm³/mol. The summed E-state index contributed by atoms with van der Waals surface area (Å²) in [5.74, 6) is 0. The summed E-state index contributed by atoms with van der Waals surface area (Å²) in [4.78, 5) is -0.198. The van der Waals surface area contributed by atoms with Crippen LogP contribution in [0.1, 0.15) is 5.56 Å². The second kappa shape index (κ2) is 5.93. The van der Waals surface area contributed by atoms with Gasteiger partial charge in [0.2, 0.25) is 10.0 Å². The molecule has 2 rings (SSSR count). The zero-order chi connectivity index (χ0) is 15.7. The maximum atomic E-state index is 13.1. The van der Waals surface area contributed by atoms with Gasteiger partial charge < -0.3 is 0 Å². The minimum absolute atomic E-state index is 0.00888. The van der Waals surface area contributed by atoms with E-state index < -0.39 is 21.8 Å². The Morgan fingerprint density at radius 2 is 1.43 bits per heavy atom. The maximum absolute atomic E-state index is 13.1. The number of halogens is 4. The molecule has 0 spiro atoms. The topological polar surface area (TPSA) is 46.2 Å². The van der Waals surface area contributed by atoms with Crippen LogP contribution in [0.25, 0.3) is 11.1 Å². The van der Waals surface area contributed by atoms with Crippen LogP contribution >= 0.6 is 22.9 Å². The van der Waals surface area contributed by atoms with Crippen LogP contribution in [0.15, 0.2) is 53.4 Å². The lowest BCUT2D eigenvalue weighted by molar-refractivity contribution is -0.137. The normalized spacial score (nSPS) is 12.4. The first kappa shape index (κ1) is 16.2. The molecule has 2 aromatic carbocycles. The summed E-state index contributed by atoms with van der Waals surface area (Å²) in [6.07, 6.45) is -4.56. The molecule has 0 bridgehead atoms. The molecule has 0 saturated carbocycles. The molecule has 2 aromatic rings. The van der Waals surface area contributed by atoms with E-state index in [0.717, 1.165) is 6.07 Å². The Kier molecular flexibility index (Phi) is 4.59. The first-order chi connectivity index (χ1) is 9.77. The quantitative estimate of drug-likeness (QED) is 0.595. The number of alkyl halides is 3. The average molecular weight is 427 g/mol. The van der Waals surface area contributed by atoms with Gasteiger partial charge in [-0.05, 0) is 17.7 Å². The number of sulfonamides is 1. The van der Waals surface area contributed by atoms with Gasteiger partial charge in [0.1, 0.15) is 0 Å². The van der Waals surface area contributed by atoms with Gasteiger partial charge in [0, 0.05) is 28.4 Å². The number of hydrogen-bond donors (Lipinski definition) is 1. The minimum atomic E-state index is -4.56. The van der Waals surface area contributed by atoms with Gasteiger partial charge >= 0.3 is 6.18 Å². The number of rotatable bonds is 3. The lowest BCUT2D eigenvalue weighted by Gasteiger charge is -2.15. The van der Waals surface area contributed by atoms with Gasteiger partial charge in [0.05, 0.1) is 10.5 Å². The smallest absolute Gasteiger partial charge is 0.206 e. The molecular formula is C13H9F3INO2S. The van der Waals surface area contributed by atoms with E-state index in [9.17, 15) is 21.6 Å². The molecule has 3 nitrogen and oxygen atoms in total. The van der Waals surface area contributed by atoms with Crippen molar-refractivity contribution in [2.45, 2.75) is 11.1 Å². The van der Waals surface area contributed by atoms with E-state index in [4.69, 9.17) is 0 Å². The fraction of sp³-hybridized carbons (Fsp3) is 0.0769. The highest BCUT2D eigenvalue weighted by Crippen LogP contribution is 2.38. The van der Waals surface area contributed by atoms with Crippen LogP contribution in [0.5, 0.6) is 0 Å². The van der Waals surface area contributed by atoms with Gasteiger partial charge in [-0.1, -0.05) is 36.4 Å². The summed E-state index contributed by atoms with van der Waals surface area (Å²) < 4.78 is 65.2. The van der Waals surface area contributed by atoms with Crippen LogP contribution in [-0.2, 0) is 16.2 Å². The molecule has 21 heavy (non-hydrogen) atoms. The van der Waals surface area contributed by atoms with Crippen molar-refractivity contribution in [2.75, 3.05) is 0 Å². The van der Waals surface area contributed by atoms with Crippen molar-refractivity contribution in [1.29, 1.82) is 0 Å². The summed E-state index contributed by atoms with van der Waals surface area (Å²) in [5.41, 5.74) is -1.04. The largest absolute Gasteiger partial charge is 0.417 e. The Labute approximate surface area is 133 Å². The monoisotopic (exact) mass is 427 g/mol. The molecule has 112 valence electrons. The molecule has 0 radical (unpaired) electrons. The fourth-order valence-electron chi connectivity index (χ4n) is 1.93. The lowest BCUT2D eigenvalue weighted by Crippen LogP contribution is -2.15. The molecule has 0 atom stereocenters. The van der Waals surface area contributed by atoms with Crippen LogP contribution in [0.3, 0.4) is 0 Å². The molecular weight excluding hydrogens is 418 g/mol. The Balaban J connectivity index is 2.76. The number of benzene rings is 2. The second-order valence-electron chi connectivity index (χ2n) is 4.12. The zero-order valence-electron chi connectivity index (χ0n) is 10.4. The number of nitrogens with one attached hydrogen (secondary N) is 1. The van der Waals surface area contributed by atoms with Crippen molar-refractivity contribution in [2.24, 2.45) is 0 Å². The van der Waals surface area contributed by atoms with E-state index in [2.05, 4.69) is 2.94 Å². The first-order valence-electron chi connectivity index (χ1n) is 5.65.